The Morgan fingerprint density at radius 1 is 0.964 bits per heavy atom. The van der Waals surface area contributed by atoms with Gasteiger partial charge in [-0.05, 0) is 61.5 Å². The summed E-state index contributed by atoms with van der Waals surface area (Å²) < 4.78 is 33.9. The number of ether oxygens (including phenoxy) is 1. The highest BCUT2D eigenvalue weighted by Gasteiger charge is 2.47. The molecule has 0 radical (unpaired) electrons. The molecule has 55 heavy (non-hydrogen) atoms. The summed E-state index contributed by atoms with van der Waals surface area (Å²) in [6, 6.07) is 1.16. The number of carbonyl (C=O) groups is 6. The molecule has 298 valence electrons. The number of carbonyl (C=O) groups excluding carboxylic acids is 6. The van der Waals surface area contributed by atoms with E-state index in [1.165, 1.54) is 29.6 Å². The Morgan fingerprint density at radius 3 is 2.31 bits per heavy atom. The highest BCUT2D eigenvalue weighted by Crippen LogP contribution is 2.37. The monoisotopic (exact) mass is 764 g/mol. The molecule has 1 saturated heterocycles. The lowest BCUT2D eigenvalue weighted by molar-refractivity contribution is -0.147. The van der Waals surface area contributed by atoms with E-state index in [9.17, 15) is 37.5 Å². The van der Waals surface area contributed by atoms with Crippen molar-refractivity contribution in [2.45, 2.75) is 129 Å². The molecule has 3 aliphatic rings. The first kappa shape index (κ1) is 41.7. The minimum atomic E-state index is -1.11. The topological polar surface area (TPSA) is 153 Å². The van der Waals surface area contributed by atoms with Crippen molar-refractivity contribution in [3.05, 3.63) is 54.1 Å². The predicted molar refractivity (Wildman–Crippen MR) is 199 cm³/mol. The fourth-order valence-electron chi connectivity index (χ4n) is 7.99. The largest absolute Gasteiger partial charge is 0.488 e. The molecule has 1 aromatic heterocycles. The third kappa shape index (κ3) is 11.1. The summed E-state index contributed by atoms with van der Waals surface area (Å²) in [7, 11) is 0. The first-order valence-corrected chi connectivity index (χ1v) is 19.8. The summed E-state index contributed by atoms with van der Waals surface area (Å²) in [6.45, 7) is 7.28. The number of hydrogen-bond donors (Lipinski definition) is 1. The first-order chi connectivity index (χ1) is 26.2. The van der Waals surface area contributed by atoms with Crippen molar-refractivity contribution in [1.29, 1.82) is 0 Å². The standard InChI is InChI=1S/C42H54F2N4O7/c1-5-9-27(39(52)37(51)18-25-12-13-25)19-35(49)34-21-29(55-28-14-15-31(43)32(44)20-28)24-48(34)41(54)30(42(2,3)4)22-36(50)38(26-10-7-6-8-11-26)47-40(53)33-23-45-16-17-46-33/h14-17,20,23,25-27,29-30,34,38H,5-13,18-19,21-22,24H2,1-4H3,(H,47,53)/t27-,29-,30-,34+,38+/m1/s1. The molecule has 0 bridgehead atoms. The van der Waals surface area contributed by atoms with Gasteiger partial charge in [0.15, 0.2) is 29.0 Å². The maximum Gasteiger partial charge on any atom is 0.272 e. The molecule has 1 aliphatic heterocycles. The van der Waals surface area contributed by atoms with E-state index in [4.69, 9.17) is 4.74 Å². The summed E-state index contributed by atoms with van der Waals surface area (Å²) in [6.07, 6.45) is 10.1. The van der Waals surface area contributed by atoms with Gasteiger partial charge in [-0.1, -0.05) is 53.4 Å². The highest BCUT2D eigenvalue weighted by molar-refractivity contribution is 6.38. The third-order valence-electron chi connectivity index (χ3n) is 11.3. The molecule has 0 unspecified atom stereocenters. The highest BCUT2D eigenvalue weighted by atomic mass is 19.2. The lowest BCUT2D eigenvalue weighted by atomic mass is 9.74. The molecule has 1 aromatic carbocycles. The maximum atomic E-state index is 14.8. The van der Waals surface area contributed by atoms with E-state index < -0.39 is 76.2 Å². The smallest absolute Gasteiger partial charge is 0.272 e. The zero-order chi connectivity index (χ0) is 39.9. The number of amides is 2. The molecule has 13 heteroatoms. The molecule has 2 aliphatic carbocycles. The van der Waals surface area contributed by atoms with Crippen LogP contribution in [0, 0.1) is 40.7 Å². The van der Waals surface area contributed by atoms with E-state index in [1.807, 2.05) is 27.7 Å². The van der Waals surface area contributed by atoms with Crippen molar-refractivity contribution in [3.63, 3.8) is 0 Å². The fraction of sp³-hybridized carbons (Fsp3) is 0.619. The average Bonchev–Trinajstić information content (AvgIpc) is 3.88. The van der Waals surface area contributed by atoms with Crippen LogP contribution >= 0.6 is 0 Å². The van der Waals surface area contributed by atoms with Crippen molar-refractivity contribution >= 4 is 34.9 Å². The summed E-state index contributed by atoms with van der Waals surface area (Å²) in [5.74, 6) is -6.60. The van der Waals surface area contributed by atoms with Gasteiger partial charge >= 0.3 is 0 Å². The third-order valence-corrected chi connectivity index (χ3v) is 11.3. The van der Waals surface area contributed by atoms with Gasteiger partial charge in [0, 0.05) is 56.0 Å². The van der Waals surface area contributed by atoms with E-state index >= 15 is 0 Å². The van der Waals surface area contributed by atoms with Gasteiger partial charge in [0.2, 0.25) is 11.7 Å². The molecule has 2 aromatic rings. The van der Waals surface area contributed by atoms with E-state index in [1.54, 1.807) is 0 Å². The number of Topliss-reactive ketones (excluding diaryl/α,β-unsaturated/α-hetero) is 4. The normalized spacial score (nSPS) is 20.7. The zero-order valence-corrected chi connectivity index (χ0v) is 32.4. The molecular formula is C42H54F2N4O7. The number of nitrogens with zero attached hydrogens (tertiary/aromatic N) is 3. The lowest BCUT2D eigenvalue weighted by Gasteiger charge is -2.36. The van der Waals surface area contributed by atoms with Crippen LogP contribution in [0.5, 0.6) is 5.75 Å². The Labute approximate surface area is 321 Å². The van der Waals surface area contributed by atoms with Crippen LogP contribution < -0.4 is 10.1 Å². The van der Waals surface area contributed by atoms with Gasteiger partial charge < -0.3 is 15.0 Å². The second-order valence-corrected chi connectivity index (χ2v) is 16.7. The van der Waals surface area contributed by atoms with Crippen LogP contribution in [0.3, 0.4) is 0 Å². The summed E-state index contributed by atoms with van der Waals surface area (Å²) >= 11 is 0. The number of benzene rings is 1. The molecule has 2 saturated carbocycles. The van der Waals surface area contributed by atoms with Gasteiger partial charge in [0.25, 0.3) is 5.91 Å². The molecule has 5 atom stereocenters. The van der Waals surface area contributed by atoms with E-state index in [0.29, 0.717) is 12.8 Å². The molecular weight excluding hydrogens is 710 g/mol. The number of halogens is 2. The van der Waals surface area contributed by atoms with Crippen molar-refractivity contribution < 1.29 is 42.3 Å². The molecule has 2 amide bonds. The minimum absolute atomic E-state index is 0.0102. The van der Waals surface area contributed by atoms with E-state index in [-0.39, 0.29) is 61.3 Å². The van der Waals surface area contributed by atoms with Gasteiger partial charge in [-0.25, -0.2) is 13.8 Å². The van der Waals surface area contributed by atoms with Crippen LogP contribution in [0.2, 0.25) is 0 Å². The van der Waals surface area contributed by atoms with Gasteiger partial charge in [-0.15, -0.1) is 0 Å². The van der Waals surface area contributed by atoms with Crippen LogP contribution in [0.1, 0.15) is 122 Å². The molecule has 3 fully saturated rings. The summed E-state index contributed by atoms with van der Waals surface area (Å²) in [5, 5.41) is 2.90. The number of aromatic nitrogens is 2. The van der Waals surface area contributed by atoms with Crippen LogP contribution in [-0.2, 0) is 24.0 Å². The maximum absolute atomic E-state index is 14.8. The lowest BCUT2D eigenvalue weighted by Crippen LogP contribution is -2.51. The second kappa shape index (κ2) is 18.5. The number of ketones is 4. The second-order valence-electron chi connectivity index (χ2n) is 16.7. The summed E-state index contributed by atoms with van der Waals surface area (Å²) in [5.41, 5.74) is -0.708. The van der Waals surface area contributed by atoms with Crippen molar-refractivity contribution in [1.82, 2.24) is 20.2 Å². The number of nitrogens with one attached hydrogen (secondary N) is 1. The van der Waals surface area contributed by atoms with Crippen molar-refractivity contribution in [2.24, 2.45) is 29.1 Å². The molecule has 1 N–H and O–H groups in total. The van der Waals surface area contributed by atoms with Crippen LogP contribution in [0.15, 0.2) is 36.8 Å². The molecule has 5 rings (SSSR count). The Morgan fingerprint density at radius 2 is 1.69 bits per heavy atom. The first-order valence-electron chi connectivity index (χ1n) is 19.8. The average molecular weight is 765 g/mol. The number of rotatable bonds is 18. The van der Waals surface area contributed by atoms with Crippen molar-refractivity contribution in [3.8, 4) is 5.75 Å². The quantitative estimate of drug-likeness (QED) is 0.170. The predicted octanol–water partition coefficient (Wildman–Crippen LogP) is 6.42. The van der Waals surface area contributed by atoms with Gasteiger partial charge in [-0.2, -0.15) is 0 Å². The van der Waals surface area contributed by atoms with Gasteiger partial charge in [0.1, 0.15) is 17.5 Å². The molecule has 0 spiro atoms. The number of likely N-dealkylation sites (tertiary alicyclic amines) is 1. The van der Waals surface area contributed by atoms with Gasteiger partial charge in [-0.3, -0.25) is 33.8 Å². The SMILES string of the molecule is CCC[C@H](CC(=O)[C@@H]1C[C@@H](Oc2ccc(F)c(F)c2)CN1C(=O)[C@@H](CC(=O)[C@@H](NC(=O)c1cnccn1)C1CCCCC1)C(C)(C)C)C(=O)C(=O)CC1CC1. The molecule has 11 nitrogen and oxygen atoms in total. The number of hydrogen-bond acceptors (Lipinski definition) is 9. The van der Waals surface area contributed by atoms with E-state index in [0.717, 1.165) is 57.1 Å². The fourth-order valence-corrected chi connectivity index (χ4v) is 7.99. The molecule has 2 heterocycles. The minimum Gasteiger partial charge on any atom is -0.488 e. The Balaban J connectivity index is 1.40. The van der Waals surface area contributed by atoms with E-state index in [2.05, 4.69) is 15.3 Å². The van der Waals surface area contributed by atoms with Gasteiger partial charge in [0.05, 0.1) is 24.8 Å². The summed E-state index contributed by atoms with van der Waals surface area (Å²) in [4.78, 5) is 92.2. The van der Waals surface area contributed by atoms with Crippen LogP contribution in [-0.4, -0.2) is 74.5 Å². The Hall–Kier alpha value is -4.42. The van der Waals surface area contributed by atoms with Crippen LogP contribution in [0.4, 0.5) is 8.78 Å². The Kier molecular flexibility index (Phi) is 14.0. The Bertz CT molecular complexity index is 1720. The van der Waals surface area contributed by atoms with Crippen molar-refractivity contribution in [2.75, 3.05) is 6.54 Å². The zero-order valence-electron chi connectivity index (χ0n) is 32.4. The van der Waals surface area contributed by atoms with Crippen LogP contribution in [0.25, 0.3) is 0 Å².